The Kier molecular flexibility index (Phi) is 12.6. The van der Waals surface area contributed by atoms with Gasteiger partial charge in [-0.25, -0.2) is 4.79 Å². The fourth-order valence-electron chi connectivity index (χ4n) is 1.85. The summed E-state index contributed by atoms with van der Waals surface area (Å²) in [6.45, 7) is 5.55. The van der Waals surface area contributed by atoms with Crippen molar-refractivity contribution in [3.63, 3.8) is 0 Å². The maximum Gasteiger partial charge on any atom is 0.511 e. The second kappa shape index (κ2) is 14.0. The zero-order valence-corrected chi connectivity index (χ0v) is 15.3. The Balaban J connectivity index is 4.36. The monoisotopic (exact) mass is 348 g/mol. The van der Waals surface area contributed by atoms with Crippen molar-refractivity contribution in [2.75, 3.05) is 6.61 Å². The molecule has 5 nitrogen and oxygen atoms in total. The van der Waals surface area contributed by atoms with Crippen LogP contribution in [0.3, 0.4) is 0 Å². The van der Waals surface area contributed by atoms with Gasteiger partial charge in [-0.3, -0.25) is 4.79 Å². The van der Waals surface area contributed by atoms with Crippen LogP contribution in [0.2, 0.25) is 0 Å². The lowest BCUT2D eigenvalue weighted by atomic mass is 10.0. The molecular formula is C20H28O5. The first-order valence-electron chi connectivity index (χ1n) is 8.45. The second-order valence-corrected chi connectivity index (χ2v) is 5.92. The third kappa shape index (κ3) is 11.7. The summed E-state index contributed by atoms with van der Waals surface area (Å²) in [7, 11) is 0. The summed E-state index contributed by atoms with van der Waals surface area (Å²) in [4.78, 5) is 23.6. The number of hydrogen-bond donors (Lipinski definition) is 0. The molecule has 0 fully saturated rings. The van der Waals surface area contributed by atoms with Crippen LogP contribution < -0.4 is 0 Å². The van der Waals surface area contributed by atoms with Crippen molar-refractivity contribution in [2.45, 2.75) is 59.2 Å². The smallest absolute Gasteiger partial charge is 0.434 e. The molecule has 0 N–H and O–H groups in total. The second-order valence-electron chi connectivity index (χ2n) is 5.92. The summed E-state index contributed by atoms with van der Waals surface area (Å²) in [5.41, 5.74) is 0. The van der Waals surface area contributed by atoms with E-state index in [0.29, 0.717) is 19.3 Å². The van der Waals surface area contributed by atoms with Crippen molar-refractivity contribution in [2.24, 2.45) is 11.8 Å². The zero-order chi connectivity index (χ0) is 19.1. The molecule has 0 bridgehead atoms. The van der Waals surface area contributed by atoms with E-state index in [1.165, 1.54) is 0 Å². The first kappa shape index (κ1) is 22.6. The van der Waals surface area contributed by atoms with Gasteiger partial charge in [0.2, 0.25) is 0 Å². The minimum atomic E-state index is -0.986. The Morgan fingerprint density at radius 1 is 1.12 bits per heavy atom. The van der Waals surface area contributed by atoms with Gasteiger partial charge in [-0.15, -0.1) is 24.7 Å². The molecular weight excluding hydrogens is 320 g/mol. The molecule has 0 aliphatic carbocycles. The van der Waals surface area contributed by atoms with Gasteiger partial charge in [-0.1, -0.05) is 26.0 Å². The highest BCUT2D eigenvalue weighted by Gasteiger charge is 2.24. The summed E-state index contributed by atoms with van der Waals surface area (Å²) >= 11 is 0. The van der Waals surface area contributed by atoms with Crippen LogP contribution in [0.25, 0.3) is 0 Å². The molecule has 0 aliphatic heterocycles. The van der Waals surface area contributed by atoms with Gasteiger partial charge < -0.3 is 14.2 Å². The maximum absolute atomic E-state index is 11.8. The Morgan fingerprint density at radius 2 is 1.76 bits per heavy atom. The van der Waals surface area contributed by atoms with Gasteiger partial charge in [0.1, 0.15) is 0 Å². The highest BCUT2D eigenvalue weighted by molar-refractivity contribution is 5.69. The van der Waals surface area contributed by atoms with E-state index in [1.54, 1.807) is 13.8 Å². The van der Waals surface area contributed by atoms with Crippen molar-refractivity contribution in [3.8, 4) is 24.7 Å². The van der Waals surface area contributed by atoms with Gasteiger partial charge in [0, 0.05) is 31.1 Å². The van der Waals surface area contributed by atoms with Crippen LogP contribution >= 0.6 is 0 Å². The molecule has 1 atom stereocenters. The predicted molar refractivity (Wildman–Crippen MR) is 96.2 cm³/mol. The minimum Gasteiger partial charge on any atom is -0.434 e. The van der Waals surface area contributed by atoms with Crippen molar-refractivity contribution < 1.29 is 23.8 Å². The molecule has 138 valence electrons. The fourth-order valence-corrected chi connectivity index (χ4v) is 1.85. The summed E-state index contributed by atoms with van der Waals surface area (Å²) in [6, 6.07) is 0. The Morgan fingerprint density at radius 3 is 2.28 bits per heavy atom. The quantitative estimate of drug-likeness (QED) is 0.185. The van der Waals surface area contributed by atoms with Crippen LogP contribution in [0.15, 0.2) is 12.2 Å². The van der Waals surface area contributed by atoms with E-state index in [0.717, 1.165) is 6.42 Å². The maximum atomic E-state index is 11.8. The standard InChI is InChI=1S/C20H28O5/c1-6-9-10-11-14-18(21)24-19(16(4)5)25-20(22)23-15-17(12-7-2)13-8-3/h2-3,6,9,16-17,19H,10-15H2,1,4-5H3/b9-6-. The number of hydrogen-bond acceptors (Lipinski definition) is 5. The third-order valence-electron chi connectivity index (χ3n) is 3.24. The Labute approximate surface area is 151 Å². The number of esters is 1. The molecule has 0 saturated heterocycles. The van der Waals surface area contributed by atoms with Crippen LogP contribution in [0, 0.1) is 36.5 Å². The fraction of sp³-hybridized carbons (Fsp3) is 0.600. The van der Waals surface area contributed by atoms with E-state index >= 15 is 0 Å². The van der Waals surface area contributed by atoms with Gasteiger partial charge in [-0.2, -0.15) is 0 Å². The van der Waals surface area contributed by atoms with Crippen LogP contribution in [-0.2, 0) is 19.0 Å². The molecule has 25 heavy (non-hydrogen) atoms. The molecule has 0 saturated carbocycles. The van der Waals surface area contributed by atoms with Crippen molar-refractivity contribution >= 4 is 12.1 Å². The summed E-state index contributed by atoms with van der Waals surface area (Å²) in [5.74, 6) is 4.26. The highest BCUT2D eigenvalue weighted by Crippen LogP contribution is 2.13. The number of carbonyl (C=O) groups excluding carboxylic acids is 2. The van der Waals surface area contributed by atoms with Crippen molar-refractivity contribution in [3.05, 3.63) is 12.2 Å². The van der Waals surface area contributed by atoms with E-state index in [9.17, 15) is 9.59 Å². The average Bonchev–Trinajstić information content (AvgIpc) is 2.56. The van der Waals surface area contributed by atoms with E-state index in [2.05, 4.69) is 11.8 Å². The molecule has 0 aromatic heterocycles. The average molecular weight is 348 g/mol. The lowest BCUT2D eigenvalue weighted by Gasteiger charge is -2.21. The van der Waals surface area contributed by atoms with Crippen molar-refractivity contribution in [1.82, 2.24) is 0 Å². The van der Waals surface area contributed by atoms with Crippen LogP contribution in [0.5, 0.6) is 0 Å². The van der Waals surface area contributed by atoms with Crippen LogP contribution in [-0.4, -0.2) is 25.0 Å². The molecule has 0 amide bonds. The number of unbranched alkanes of at least 4 members (excludes halogenated alkanes) is 1. The number of rotatable bonds is 11. The lowest BCUT2D eigenvalue weighted by Crippen LogP contribution is -2.30. The summed E-state index contributed by atoms with van der Waals surface area (Å²) in [6.07, 6.45) is 15.1. The third-order valence-corrected chi connectivity index (χ3v) is 3.24. The van der Waals surface area contributed by atoms with Crippen molar-refractivity contribution in [1.29, 1.82) is 0 Å². The SMILES string of the molecule is C#CCC(CC#C)COC(=O)OC(OC(=O)CCC/C=C\C)C(C)C. The molecule has 0 rings (SSSR count). The van der Waals surface area contributed by atoms with Crippen LogP contribution in [0.1, 0.15) is 52.9 Å². The summed E-state index contributed by atoms with van der Waals surface area (Å²) < 4.78 is 15.3. The minimum absolute atomic E-state index is 0.0648. The predicted octanol–water partition coefficient (Wildman–Crippen LogP) is 4.07. The zero-order valence-electron chi connectivity index (χ0n) is 15.3. The van der Waals surface area contributed by atoms with E-state index in [-0.39, 0.29) is 24.9 Å². The molecule has 5 heteroatoms. The Bertz CT molecular complexity index is 491. The normalized spacial score (nSPS) is 11.8. The molecule has 0 aliphatic rings. The van der Waals surface area contributed by atoms with Gasteiger partial charge in [0.15, 0.2) is 0 Å². The lowest BCUT2D eigenvalue weighted by molar-refractivity contribution is -0.179. The molecule has 0 radical (unpaired) electrons. The highest BCUT2D eigenvalue weighted by atomic mass is 16.8. The van der Waals surface area contributed by atoms with Gasteiger partial charge in [0.25, 0.3) is 6.29 Å². The Hall–Kier alpha value is -2.40. The topological polar surface area (TPSA) is 61.8 Å². The molecule has 0 spiro atoms. The largest absolute Gasteiger partial charge is 0.511 e. The molecule has 0 heterocycles. The van der Waals surface area contributed by atoms with E-state index < -0.39 is 18.4 Å². The first-order valence-corrected chi connectivity index (χ1v) is 8.45. The van der Waals surface area contributed by atoms with Crippen LogP contribution in [0.4, 0.5) is 4.79 Å². The number of allylic oxidation sites excluding steroid dienone is 2. The number of terminal acetylenes is 2. The summed E-state index contributed by atoms with van der Waals surface area (Å²) in [5, 5.41) is 0. The number of ether oxygens (including phenoxy) is 3. The van der Waals surface area contributed by atoms with E-state index in [4.69, 9.17) is 27.1 Å². The molecule has 0 aromatic rings. The molecule has 0 aromatic carbocycles. The van der Waals surface area contributed by atoms with Gasteiger partial charge >= 0.3 is 12.1 Å². The van der Waals surface area contributed by atoms with Gasteiger partial charge in [-0.05, 0) is 19.8 Å². The first-order chi connectivity index (χ1) is 11.9. The number of carbonyl (C=O) groups is 2. The molecule has 1 unspecified atom stereocenters. The van der Waals surface area contributed by atoms with E-state index in [1.807, 2.05) is 19.1 Å². The van der Waals surface area contributed by atoms with Gasteiger partial charge in [0.05, 0.1) is 6.61 Å².